The molecule has 6 rings (SSSR count). The molecule has 0 unspecified atom stereocenters. The zero-order chi connectivity index (χ0) is 20.1. The molecule has 3 aliphatic heterocycles. The Hall–Kier alpha value is -3.93. The number of nitrogens with zero attached hydrogens (tertiary/aromatic N) is 3. The van der Waals surface area contributed by atoms with E-state index in [1.807, 2.05) is 42.5 Å². The van der Waals surface area contributed by atoms with Crippen molar-refractivity contribution >= 4 is 10.9 Å². The summed E-state index contributed by atoms with van der Waals surface area (Å²) < 4.78 is 26.4. The average Bonchev–Trinajstić information content (AvgIpc) is 3.42. The summed E-state index contributed by atoms with van der Waals surface area (Å²) in [5.74, 6) is 1.21. The average molecular weight is 397 g/mol. The van der Waals surface area contributed by atoms with E-state index in [9.17, 15) is 4.39 Å². The minimum atomic E-state index is -0.237. The van der Waals surface area contributed by atoms with Gasteiger partial charge in [0.15, 0.2) is 11.5 Å². The second kappa shape index (κ2) is 6.56. The van der Waals surface area contributed by atoms with E-state index in [1.54, 1.807) is 0 Å². The van der Waals surface area contributed by atoms with E-state index in [0.717, 1.165) is 44.7 Å². The fraction of sp³-hybridized carbons (Fsp3) is 0.0833. The summed E-state index contributed by atoms with van der Waals surface area (Å²) in [6.45, 7) is 0.844. The van der Waals surface area contributed by atoms with Crippen LogP contribution in [-0.4, -0.2) is 21.6 Å². The van der Waals surface area contributed by atoms with E-state index >= 15 is 0 Å². The number of halogens is 1. The lowest BCUT2D eigenvalue weighted by molar-refractivity contribution is 0.174. The van der Waals surface area contributed by atoms with Crippen LogP contribution >= 0.6 is 0 Å². The maximum absolute atomic E-state index is 13.3. The third-order valence-electron chi connectivity index (χ3n) is 5.43. The molecule has 0 spiro atoms. The van der Waals surface area contributed by atoms with Crippen molar-refractivity contribution < 1.29 is 13.9 Å². The maximum atomic E-state index is 13.3. The number of ether oxygens (including phenoxy) is 2. The number of hydrogen-bond acceptors (Lipinski definition) is 4. The fourth-order valence-corrected chi connectivity index (χ4v) is 3.97. The van der Waals surface area contributed by atoms with E-state index in [0.29, 0.717) is 12.3 Å². The molecule has 0 fully saturated rings. The SMILES string of the molecule is Fc1ccc(Cn2cc3c(-c4ccc5c(c4)OCO5)nnc-3c3ccccc32)cc1. The van der Waals surface area contributed by atoms with Gasteiger partial charge in [-0.25, -0.2) is 4.39 Å². The Morgan fingerprint density at radius 3 is 2.57 bits per heavy atom. The van der Waals surface area contributed by atoms with Crippen molar-refractivity contribution in [1.29, 1.82) is 0 Å². The number of para-hydroxylation sites is 1. The molecule has 0 saturated heterocycles. The van der Waals surface area contributed by atoms with Crippen LogP contribution in [0.15, 0.2) is 72.9 Å². The Balaban J connectivity index is 1.53. The van der Waals surface area contributed by atoms with E-state index in [-0.39, 0.29) is 12.6 Å². The zero-order valence-corrected chi connectivity index (χ0v) is 15.9. The molecule has 0 amide bonds. The second-order valence-electron chi connectivity index (χ2n) is 7.28. The first-order chi connectivity index (χ1) is 14.8. The van der Waals surface area contributed by atoms with E-state index < -0.39 is 0 Å². The van der Waals surface area contributed by atoms with Gasteiger partial charge in [0.25, 0.3) is 0 Å². The predicted octanol–water partition coefficient (Wildman–Crippen LogP) is 5.12. The van der Waals surface area contributed by atoms with Gasteiger partial charge in [-0.3, -0.25) is 0 Å². The van der Waals surface area contributed by atoms with Gasteiger partial charge in [-0.15, -0.1) is 10.2 Å². The van der Waals surface area contributed by atoms with Crippen molar-refractivity contribution in [2.24, 2.45) is 0 Å². The summed E-state index contributed by atoms with van der Waals surface area (Å²) in [7, 11) is 0. The molecule has 0 radical (unpaired) electrons. The third kappa shape index (κ3) is 2.69. The number of hydrogen-bond donors (Lipinski definition) is 0. The van der Waals surface area contributed by atoms with Gasteiger partial charge >= 0.3 is 0 Å². The standard InChI is InChI=1S/C24H16FN3O2/c25-17-8-5-15(6-9-17)12-28-13-19-23(16-7-10-21-22(11-16)30-14-29-21)26-27-24(19)18-3-1-2-4-20(18)28/h1-11,13H,12,14H2. The van der Waals surface area contributed by atoms with Crippen LogP contribution in [0.25, 0.3) is 33.4 Å². The van der Waals surface area contributed by atoms with Gasteiger partial charge < -0.3 is 14.0 Å². The van der Waals surface area contributed by atoms with Gasteiger partial charge in [-0.1, -0.05) is 30.3 Å². The quantitative estimate of drug-likeness (QED) is 0.424. The summed E-state index contributed by atoms with van der Waals surface area (Å²) in [6, 6.07) is 20.5. The summed E-state index contributed by atoms with van der Waals surface area (Å²) in [4.78, 5) is 0. The molecule has 3 heterocycles. The van der Waals surface area contributed by atoms with E-state index in [1.165, 1.54) is 12.1 Å². The lowest BCUT2D eigenvalue weighted by atomic mass is 10.0. The van der Waals surface area contributed by atoms with Gasteiger partial charge in [-0.2, -0.15) is 0 Å². The Kier molecular flexibility index (Phi) is 3.71. The molecule has 3 aliphatic rings. The van der Waals surface area contributed by atoms with E-state index in [2.05, 4.69) is 33.1 Å². The Labute approximate surface area is 171 Å². The van der Waals surface area contributed by atoms with E-state index in [4.69, 9.17) is 9.47 Å². The highest BCUT2D eigenvalue weighted by molar-refractivity contribution is 5.98. The topological polar surface area (TPSA) is 49.2 Å². The molecule has 0 aromatic heterocycles. The maximum Gasteiger partial charge on any atom is 0.231 e. The molecular weight excluding hydrogens is 381 g/mol. The van der Waals surface area contributed by atoms with Crippen molar-refractivity contribution in [3.05, 3.63) is 84.3 Å². The highest BCUT2D eigenvalue weighted by Gasteiger charge is 2.22. The Bertz CT molecular complexity index is 1360. The normalized spacial score (nSPS) is 12.7. The molecule has 30 heavy (non-hydrogen) atoms. The molecule has 3 aromatic rings. The monoisotopic (exact) mass is 397 g/mol. The van der Waals surface area contributed by atoms with Gasteiger partial charge in [0.2, 0.25) is 6.79 Å². The smallest absolute Gasteiger partial charge is 0.231 e. The molecule has 0 aliphatic carbocycles. The molecule has 0 bridgehead atoms. The van der Waals surface area contributed by atoms with Gasteiger partial charge in [0.1, 0.15) is 17.2 Å². The molecule has 3 aromatic carbocycles. The highest BCUT2D eigenvalue weighted by Crippen LogP contribution is 2.40. The Morgan fingerprint density at radius 2 is 1.67 bits per heavy atom. The third-order valence-corrected chi connectivity index (χ3v) is 5.43. The van der Waals surface area contributed by atoms with Crippen LogP contribution in [-0.2, 0) is 6.54 Å². The molecule has 0 atom stereocenters. The summed E-state index contributed by atoms with van der Waals surface area (Å²) >= 11 is 0. The minimum Gasteiger partial charge on any atom is -0.454 e. The first-order valence-electron chi connectivity index (χ1n) is 9.65. The summed E-state index contributed by atoms with van der Waals surface area (Å²) in [6.07, 6.45) is 2.07. The van der Waals surface area contributed by atoms with Crippen LogP contribution in [0.1, 0.15) is 5.56 Å². The lowest BCUT2D eigenvalue weighted by Crippen LogP contribution is -2.04. The number of rotatable bonds is 3. The minimum absolute atomic E-state index is 0.231. The predicted molar refractivity (Wildman–Crippen MR) is 111 cm³/mol. The Morgan fingerprint density at radius 1 is 0.867 bits per heavy atom. The molecule has 146 valence electrons. The number of pyridine rings is 1. The molecule has 0 N–H and O–H groups in total. The largest absolute Gasteiger partial charge is 0.454 e. The lowest BCUT2D eigenvalue weighted by Gasteiger charge is -2.15. The van der Waals surface area contributed by atoms with Crippen molar-refractivity contribution in [3.63, 3.8) is 0 Å². The molecular formula is C24H16FN3O2. The van der Waals surface area contributed by atoms with Crippen molar-refractivity contribution in [1.82, 2.24) is 14.8 Å². The van der Waals surface area contributed by atoms with Crippen LogP contribution in [0.3, 0.4) is 0 Å². The highest BCUT2D eigenvalue weighted by atomic mass is 19.1. The number of aromatic nitrogens is 3. The second-order valence-corrected chi connectivity index (χ2v) is 7.28. The summed E-state index contributed by atoms with van der Waals surface area (Å²) in [5.41, 5.74) is 5.59. The van der Waals surface area contributed by atoms with Crippen LogP contribution in [0, 0.1) is 5.82 Å². The van der Waals surface area contributed by atoms with Crippen LogP contribution in [0.2, 0.25) is 0 Å². The molecule has 6 heteroatoms. The number of benzene rings is 3. The molecule has 5 nitrogen and oxygen atoms in total. The summed E-state index contributed by atoms with van der Waals surface area (Å²) in [5, 5.41) is 10.0. The number of fused-ring (bicyclic) bond motifs is 4. The first-order valence-corrected chi connectivity index (χ1v) is 9.65. The van der Waals surface area contributed by atoms with Crippen LogP contribution in [0.5, 0.6) is 11.5 Å². The van der Waals surface area contributed by atoms with Crippen molar-refractivity contribution in [3.8, 4) is 34.0 Å². The van der Waals surface area contributed by atoms with Gasteiger partial charge in [0.05, 0.1) is 5.52 Å². The fourth-order valence-electron chi connectivity index (χ4n) is 3.97. The first kappa shape index (κ1) is 17.0. The van der Waals surface area contributed by atoms with Crippen LogP contribution in [0.4, 0.5) is 4.39 Å². The zero-order valence-electron chi connectivity index (χ0n) is 15.9. The van der Waals surface area contributed by atoms with Crippen molar-refractivity contribution in [2.75, 3.05) is 6.79 Å². The van der Waals surface area contributed by atoms with Crippen LogP contribution < -0.4 is 9.47 Å². The van der Waals surface area contributed by atoms with Crippen molar-refractivity contribution in [2.45, 2.75) is 6.54 Å². The van der Waals surface area contributed by atoms with Gasteiger partial charge in [-0.05, 0) is 42.0 Å². The molecule has 0 saturated carbocycles. The van der Waals surface area contributed by atoms with Gasteiger partial charge in [0, 0.05) is 29.3 Å².